The van der Waals surface area contributed by atoms with Crippen LogP contribution < -0.4 is 5.32 Å². The standard InChI is InChI=1S/C53H101NO5/c1-4-7-10-13-16-19-22-23-24-25-26-27-28-29-31-34-37-40-43-46-53(58)59-49(44-41-38-35-32-21-18-15-12-9-6-3)47-52(57)54-50(48-55)51(56)45-42-39-36-33-30-20-17-14-11-8-5-2/h16,19,23-24,49-51,55-56H,4-15,17-18,20-22,25-48H2,1-3H3,(H,54,57)/b19-16-,24-23-. The van der Waals surface area contributed by atoms with Crippen molar-refractivity contribution >= 4 is 11.9 Å². The molecule has 0 aliphatic rings. The van der Waals surface area contributed by atoms with Crippen LogP contribution in [0.5, 0.6) is 0 Å². The Morgan fingerprint density at radius 3 is 1.32 bits per heavy atom. The highest BCUT2D eigenvalue weighted by atomic mass is 16.5. The van der Waals surface area contributed by atoms with Crippen molar-refractivity contribution in [2.75, 3.05) is 6.61 Å². The van der Waals surface area contributed by atoms with Crippen LogP contribution in [0.1, 0.15) is 278 Å². The van der Waals surface area contributed by atoms with Crippen molar-refractivity contribution in [3.63, 3.8) is 0 Å². The zero-order valence-corrected chi connectivity index (χ0v) is 39.7. The van der Waals surface area contributed by atoms with Gasteiger partial charge in [-0.2, -0.15) is 0 Å². The highest BCUT2D eigenvalue weighted by molar-refractivity contribution is 5.77. The monoisotopic (exact) mass is 832 g/mol. The summed E-state index contributed by atoms with van der Waals surface area (Å²) >= 11 is 0. The van der Waals surface area contributed by atoms with Gasteiger partial charge in [-0.15, -0.1) is 0 Å². The van der Waals surface area contributed by atoms with Crippen molar-refractivity contribution in [1.29, 1.82) is 0 Å². The largest absolute Gasteiger partial charge is 0.462 e. The summed E-state index contributed by atoms with van der Waals surface area (Å²) in [6.45, 7) is 6.46. The fourth-order valence-electron chi connectivity index (χ4n) is 8.05. The molecule has 6 nitrogen and oxygen atoms in total. The van der Waals surface area contributed by atoms with Crippen molar-refractivity contribution < 1.29 is 24.5 Å². The SMILES string of the molecule is CCCCC/C=C\C/C=C\CCCCCCCCCCCC(=O)OC(CCCCCCCCCCCC)CC(=O)NC(CO)C(O)CCCCCCCCCCCCC. The number of carbonyl (C=O) groups is 2. The molecule has 0 spiro atoms. The number of carbonyl (C=O) groups excluding carboxylic acids is 2. The van der Waals surface area contributed by atoms with Crippen molar-refractivity contribution in [2.45, 2.75) is 296 Å². The van der Waals surface area contributed by atoms with Crippen LogP contribution in [-0.4, -0.2) is 46.9 Å². The molecule has 0 fully saturated rings. The van der Waals surface area contributed by atoms with Gasteiger partial charge in [-0.05, 0) is 57.8 Å². The van der Waals surface area contributed by atoms with Crippen LogP contribution in [0.25, 0.3) is 0 Å². The Morgan fingerprint density at radius 2 is 0.864 bits per heavy atom. The number of aliphatic hydroxyl groups is 2. The summed E-state index contributed by atoms with van der Waals surface area (Å²) in [5.41, 5.74) is 0. The lowest BCUT2D eigenvalue weighted by Gasteiger charge is -2.24. The van der Waals surface area contributed by atoms with Crippen molar-refractivity contribution in [3.8, 4) is 0 Å². The van der Waals surface area contributed by atoms with Gasteiger partial charge in [0.1, 0.15) is 6.10 Å². The summed E-state index contributed by atoms with van der Waals surface area (Å²) in [6.07, 6.45) is 53.8. The fraction of sp³-hybridized carbons (Fsp3) is 0.887. The topological polar surface area (TPSA) is 95.9 Å². The minimum atomic E-state index is -0.782. The van der Waals surface area contributed by atoms with E-state index in [0.29, 0.717) is 19.3 Å². The normalized spacial score (nSPS) is 13.4. The smallest absolute Gasteiger partial charge is 0.306 e. The second-order valence-corrected chi connectivity index (χ2v) is 17.9. The molecule has 348 valence electrons. The Labute approximate surface area is 367 Å². The number of rotatable bonds is 47. The molecular formula is C53H101NO5. The first-order chi connectivity index (χ1) is 29.0. The van der Waals surface area contributed by atoms with E-state index in [1.807, 2.05) is 0 Å². The number of nitrogens with one attached hydrogen (secondary N) is 1. The van der Waals surface area contributed by atoms with Crippen molar-refractivity contribution in [1.82, 2.24) is 5.32 Å². The predicted octanol–water partition coefficient (Wildman–Crippen LogP) is 15.5. The van der Waals surface area contributed by atoms with E-state index in [1.165, 1.54) is 180 Å². The van der Waals surface area contributed by atoms with E-state index in [9.17, 15) is 19.8 Å². The van der Waals surface area contributed by atoms with E-state index in [4.69, 9.17) is 4.74 Å². The molecule has 0 aromatic rings. The van der Waals surface area contributed by atoms with E-state index < -0.39 is 18.2 Å². The Bertz CT molecular complexity index is 935. The van der Waals surface area contributed by atoms with Gasteiger partial charge in [0.15, 0.2) is 0 Å². The molecule has 0 rings (SSSR count). The van der Waals surface area contributed by atoms with Crippen molar-refractivity contribution in [3.05, 3.63) is 24.3 Å². The highest BCUT2D eigenvalue weighted by Gasteiger charge is 2.24. The number of hydrogen-bond donors (Lipinski definition) is 3. The summed E-state index contributed by atoms with van der Waals surface area (Å²) < 4.78 is 5.93. The number of aliphatic hydroxyl groups excluding tert-OH is 2. The Balaban J connectivity index is 4.44. The number of allylic oxidation sites excluding steroid dienone is 4. The number of ether oxygens (including phenoxy) is 1. The van der Waals surface area contributed by atoms with Gasteiger partial charge in [-0.3, -0.25) is 9.59 Å². The molecule has 0 aromatic carbocycles. The second-order valence-electron chi connectivity index (χ2n) is 17.9. The highest BCUT2D eigenvalue weighted by Crippen LogP contribution is 2.18. The maximum absolute atomic E-state index is 13.2. The number of esters is 1. The van der Waals surface area contributed by atoms with Crippen LogP contribution in [0.4, 0.5) is 0 Å². The first kappa shape index (κ1) is 57.3. The third-order valence-corrected chi connectivity index (χ3v) is 12.0. The van der Waals surface area contributed by atoms with E-state index in [-0.39, 0.29) is 24.9 Å². The van der Waals surface area contributed by atoms with Gasteiger partial charge >= 0.3 is 5.97 Å². The van der Waals surface area contributed by atoms with Crippen LogP contribution in [0.2, 0.25) is 0 Å². The molecule has 0 radical (unpaired) electrons. The molecular weight excluding hydrogens is 731 g/mol. The molecule has 0 heterocycles. The van der Waals surface area contributed by atoms with E-state index in [2.05, 4.69) is 50.4 Å². The van der Waals surface area contributed by atoms with Crippen LogP contribution in [0, 0.1) is 0 Å². The van der Waals surface area contributed by atoms with Gasteiger partial charge in [-0.25, -0.2) is 0 Å². The molecule has 59 heavy (non-hydrogen) atoms. The fourth-order valence-corrected chi connectivity index (χ4v) is 8.05. The number of hydrogen-bond acceptors (Lipinski definition) is 5. The Hall–Kier alpha value is -1.66. The molecule has 0 aromatic heterocycles. The van der Waals surface area contributed by atoms with Crippen LogP contribution in [0.3, 0.4) is 0 Å². The minimum Gasteiger partial charge on any atom is -0.462 e. The van der Waals surface area contributed by atoms with Gasteiger partial charge < -0.3 is 20.3 Å². The van der Waals surface area contributed by atoms with Crippen LogP contribution >= 0.6 is 0 Å². The first-order valence-electron chi connectivity index (χ1n) is 26.1. The molecule has 1 amide bonds. The Kier molecular flexibility index (Phi) is 46.1. The average molecular weight is 832 g/mol. The summed E-state index contributed by atoms with van der Waals surface area (Å²) in [7, 11) is 0. The van der Waals surface area contributed by atoms with Crippen LogP contribution in [0.15, 0.2) is 24.3 Å². The van der Waals surface area contributed by atoms with Gasteiger partial charge in [0.2, 0.25) is 5.91 Å². The molecule has 0 saturated heterocycles. The minimum absolute atomic E-state index is 0.0810. The third kappa shape index (κ3) is 42.8. The number of amides is 1. The summed E-state index contributed by atoms with van der Waals surface area (Å²) in [5, 5.41) is 23.7. The maximum Gasteiger partial charge on any atom is 0.306 e. The lowest BCUT2D eigenvalue weighted by molar-refractivity contribution is -0.151. The molecule has 0 aliphatic carbocycles. The molecule has 0 bridgehead atoms. The van der Waals surface area contributed by atoms with Gasteiger partial charge in [0, 0.05) is 6.42 Å². The zero-order chi connectivity index (χ0) is 43.1. The quantitative estimate of drug-likeness (QED) is 0.0322. The first-order valence-corrected chi connectivity index (χ1v) is 26.1. The van der Waals surface area contributed by atoms with Gasteiger partial charge in [0.05, 0.1) is 25.2 Å². The van der Waals surface area contributed by atoms with Crippen LogP contribution in [-0.2, 0) is 14.3 Å². The number of unbranched alkanes of at least 4 members (excludes halogenated alkanes) is 31. The van der Waals surface area contributed by atoms with Gasteiger partial charge in [0.25, 0.3) is 0 Å². The van der Waals surface area contributed by atoms with Gasteiger partial charge in [-0.1, -0.05) is 231 Å². The lowest BCUT2D eigenvalue weighted by atomic mass is 10.0. The average Bonchev–Trinajstić information content (AvgIpc) is 3.23. The molecule has 6 heteroatoms. The lowest BCUT2D eigenvalue weighted by Crippen LogP contribution is -2.46. The molecule has 0 saturated carbocycles. The second kappa shape index (κ2) is 47.4. The van der Waals surface area contributed by atoms with Crippen molar-refractivity contribution in [2.24, 2.45) is 0 Å². The van der Waals surface area contributed by atoms with E-state index >= 15 is 0 Å². The molecule has 0 aliphatic heterocycles. The summed E-state index contributed by atoms with van der Waals surface area (Å²) in [6, 6.07) is -0.696. The molecule has 3 atom stereocenters. The predicted molar refractivity (Wildman–Crippen MR) is 255 cm³/mol. The Morgan fingerprint density at radius 1 is 0.492 bits per heavy atom. The molecule has 3 unspecified atom stereocenters. The van der Waals surface area contributed by atoms with E-state index in [1.54, 1.807) is 0 Å². The zero-order valence-electron chi connectivity index (χ0n) is 39.7. The summed E-state index contributed by atoms with van der Waals surface area (Å²) in [4.78, 5) is 26.1. The summed E-state index contributed by atoms with van der Waals surface area (Å²) in [5.74, 6) is -0.466. The van der Waals surface area contributed by atoms with E-state index in [0.717, 1.165) is 51.4 Å². The molecule has 3 N–H and O–H groups in total. The maximum atomic E-state index is 13.2. The third-order valence-electron chi connectivity index (χ3n) is 12.0.